The van der Waals surface area contributed by atoms with Crippen LogP contribution in [0.25, 0.3) is 0 Å². The summed E-state index contributed by atoms with van der Waals surface area (Å²) in [6.07, 6.45) is 6.65. The number of tetrazole rings is 1. The fraction of sp³-hybridized carbons (Fsp3) is 0.588. The largest absolute Gasteiger partial charge is 0.303 e. The van der Waals surface area contributed by atoms with Gasteiger partial charge in [-0.1, -0.05) is 6.07 Å². The van der Waals surface area contributed by atoms with Crippen molar-refractivity contribution < 1.29 is 8.78 Å². The summed E-state index contributed by atoms with van der Waals surface area (Å²) in [5.74, 6) is -0.358. The van der Waals surface area contributed by atoms with Crippen LogP contribution in [0.2, 0.25) is 0 Å². The molecule has 0 saturated carbocycles. The predicted octanol–water partition coefficient (Wildman–Crippen LogP) is 2.69. The maximum atomic E-state index is 13.7. The van der Waals surface area contributed by atoms with Gasteiger partial charge in [0.05, 0.1) is 0 Å². The molecule has 0 unspecified atom stereocenters. The van der Waals surface area contributed by atoms with Gasteiger partial charge in [-0.05, 0) is 73.2 Å². The molecule has 1 aliphatic rings. The van der Waals surface area contributed by atoms with Crippen LogP contribution >= 0.6 is 0 Å². The van der Waals surface area contributed by atoms with Gasteiger partial charge in [0.1, 0.15) is 18.0 Å². The number of nitrogens with zero attached hydrogens (tertiary/aromatic N) is 5. The molecule has 130 valence electrons. The van der Waals surface area contributed by atoms with Crippen LogP contribution in [0.1, 0.15) is 31.2 Å². The van der Waals surface area contributed by atoms with Crippen molar-refractivity contribution in [3.63, 3.8) is 0 Å². The van der Waals surface area contributed by atoms with Gasteiger partial charge in [0.15, 0.2) is 0 Å². The predicted molar refractivity (Wildman–Crippen MR) is 86.3 cm³/mol. The van der Waals surface area contributed by atoms with E-state index in [1.807, 2.05) is 0 Å². The number of aromatic nitrogens is 4. The Hall–Kier alpha value is -1.89. The highest BCUT2D eigenvalue weighted by atomic mass is 19.1. The van der Waals surface area contributed by atoms with E-state index in [1.54, 1.807) is 17.1 Å². The fourth-order valence-corrected chi connectivity index (χ4v) is 3.41. The maximum absolute atomic E-state index is 13.7. The Balaban J connectivity index is 1.41. The van der Waals surface area contributed by atoms with E-state index in [4.69, 9.17) is 0 Å². The maximum Gasteiger partial charge on any atom is 0.138 e. The molecule has 0 radical (unpaired) electrons. The molecule has 1 atom stereocenters. The molecule has 2 aromatic rings. The Morgan fingerprint density at radius 3 is 2.92 bits per heavy atom. The van der Waals surface area contributed by atoms with Crippen LogP contribution in [-0.2, 0) is 13.0 Å². The number of hydrogen-bond acceptors (Lipinski definition) is 4. The summed E-state index contributed by atoms with van der Waals surface area (Å²) < 4.78 is 28.4. The van der Waals surface area contributed by atoms with Crippen molar-refractivity contribution in [1.29, 1.82) is 0 Å². The van der Waals surface area contributed by atoms with Crippen LogP contribution in [0.4, 0.5) is 8.78 Å². The van der Waals surface area contributed by atoms with E-state index in [0.717, 1.165) is 45.1 Å². The smallest absolute Gasteiger partial charge is 0.138 e. The average Bonchev–Trinajstić information content (AvgIpc) is 3.08. The minimum absolute atomic E-state index is 0.427. The normalized spacial score (nSPS) is 18.8. The molecule has 1 aliphatic heterocycles. The van der Waals surface area contributed by atoms with Gasteiger partial charge in [0.2, 0.25) is 0 Å². The van der Waals surface area contributed by atoms with Crippen LogP contribution in [0.5, 0.6) is 0 Å². The first kappa shape index (κ1) is 17.0. The number of aryl methyl sites for hydroxylation is 2. The highest BCUT2D eigenvalue weighted by Crippen LogP contribution is 2.22. The summed E-state index contributed by atoms with van der Waals surface area (Å²) >= 11 is 0. The molecule has 3 rings (SSSR count). The first-order valence-corrected chi connectivity index (χ1v) is 8.58. The molecule has 0 N–H and O–H groups in total. The third kappa shape index (κ3) is 4.80. The second-order valence-electron chi connectivity index (χ2n) is 6.51. The Kier molecular flexibility index (Phi) is 5.85. The second kappa shape index (κ2) is 8.28. The summed E-state index contributed by atoms with van der Waals surface area (Å²) in [5.41, 5.74) is 0.618. The Labute approximate surface area is 140 Å². The van der Waals surface area contributed by atoms with Gasteiger partial charge in [-0.15, -0.1) is 5.10 Å². The molecule has 1 fully saturated rings. The highest BCUT2D eigenvalue weighted by molar-refractivity contribution is 5.18. The third-order valence-corrected chi connectivity index (χ3v) is 4.69. The zero-order valence-electron chi connectivity index (χ0n) is 13.7. The highest BCUT2D eigenvalue weighted by Gasteiger charge is 2.20. The lowest BCUT2D eigenvalue weighted by Crippen LogP contribution is -2.36. The van der Waals surface area contributed by atoms with Crippen molar-refractivity contribution in [3.8, 4) is 0 Å². The van der Waals surface area contributed by atoms with Crippen LogP contribution in [0.15, 0.2) is 24.5 Å². The second-order valence-corrected chi connectivity index (χ2v) is 6.51. The van der Waals surface area contributed by atoms with Crippen LogP contribution in [0, 0.1) is 17.6 Å². The molecule has 5 nitrogen and oxygen atoms in total. The standard InChI is InChI=1S/C17H23F2N5/c18-16-7-6-15(17(19)11-16)5-4-14-3-1-8-23(12-14)9-2-10-24-13-20-21-22-24/h6-7,11,13-14H,1-5,8-10,12H2/t14-/m0/s1. The van der Waals surface area contributed by atoms with E-state index in [2.05, 4.69) is 20.4 Å². The van der Waals surface area contributed by atoms with Crippen molar-refractivity contribution >= 4 is 0 Å². The molecule has 1 aromatic heterocycles. The van der Waals surface area contributed by atoms with Gasteiger partial charge in [-0.2, -0.15) is 0 Å². The van der Waals surface area contributed by atoms with Crippen molar-refractivity contribution in [2.75, 3.05) is 19.6 Å². The number of piperidine rings is 1. The van der Waals surface area contributed by atoms with Gasteiger partial charge in [-0.25, -0.2) is 13.5 Å². The SMILES string of the molecule is Fc1ccc(CC[C@@H]2CCCN(CCCn3cnnn3)C2)c(F)c1. The van der Waals surface area contributed by atoms with Crippen LogP contribution in [0.3, 0.4) is 0 Å². The molecular formula is C17H23F2N5. The average molecular weight is 335 g/mol. The van der Waals surface area contributed by atoms with Crippen molar-refractivity contribution in [1.82, 2.24) is 25.1 Å². The fourth-order valence-electron chi connectivity index (χ4n) is 3.41. The Morgan fingerprint density at radius 2 is 2.12 bits per heavy atom. The van der Waals surface area contributed by atoms with Gasteiger partial charge in [0, 0.05) is 19.2 Å². The molecule has 2 heterocycles. The molecule has 1 aromatic carbocycles. The number of rotatable bonds is 7. The summed E-state index contributed by atoms with van der Waals surface area (Å²) in [6.45, 7) is 4.03. The Bertz CT molecular complexity index is 632. The molecule has 7 heteroatoms. The summed E-state index contributed by atoms with van der Waals surface area (Å²) in [7, 11) is 0. The first-order valence-electron chi connectivity index (χ1n) is 8.58. The van der Waals surface area contributed by atoms with Crippen molar-refractivity contribution in [2.45, 2.75) is 38.6 Å². The number of benzene rings is 1. The molecule has 0 bridgehead atoms. The minimum Gasteiger partial charge on any atom is -0.303 e. The molecule has 0 aliphatic carbocycles. The summed E-state index contributed by atoms with van der Waals surface area (Å²) in [5, 5.41) is 11.1. The van der Waals surface area contributed by atoms with E-state index in [0.29, 0.717) is 17.9 Å². The van der Waals surface area contributed by atoms with Gasteiger partial charge in [-0.3, -0.25) is 0 Å². The molecule has 24 heavy (non-hydrogen) atoms. The van der Waals surface area contributed by atoms with E-state index in [9.17, 15) is 8.78 Å². The molecular weight excluding hydrogens is 312 g/mol. The lowest BCUT2D eigenvalue weighted by molar-refractivity contribution is 0.164. The third-order valence-electron chi connectivity index (χ3n) is 4.69. The Morgan fingerprint density at radius 1 is 1.21 bits per heavy atom. The van der Waals surface area contributed by atoms with Crippen LogP contribution in [-0.4, -0.2) is 44.7 Å². The topological polar surface area (TPSA) is 46.8 Å². The number of hydrogen-bond donors (Lipinski definition) is 0. The van der Waals surface area contributed by atoms with E-state index in [1.165, 1.54) is 18.9 Å². The van der Waals surface area contributed by atoms with Crippen molar-refractivity contribution in [3.05, 3.63) is 41.7 Å². The zero-order chi connectivity index (χ0) is 16.8. The van der Waals surface area contributed by atoms with Gasteiger partial charge in [0.25, 0.3) is 0 Å². The number of halogens is 2. The first-order chi connectivity index (χ1) is 11.7. The van der Waals surface area contributed by atoms with Crippen molar-refractivity contribution in [2.24, 2.45) is 5.92 Å². The molecule has 1 saturated heterocycles. The zero-order valence-corrected chi connectivity index (χ0v) is 13.7. The molecule has 0 amide bonds. The summed E-state index contributed by atoms with van der Waals surface area (Å²) in [4.78, 5) is 2.47. The number of likely N-dealkylation sites (tertiary alicyclic amines) is 1. The minimum atomic E-state index is -0.511. The monoisotopic (exact) mass is 335 g/mol. The lowest BCUT2D eigenvalue weighted by atomic mass is 9.91. The summed E-state index contributed by atoms with van der Waals surface area (Å²) in [6, 6.07) is 3.88. The van der Waals surface area contributed by atoms with Crippen LogP contribution < -0.4 is 0 Å². The van der Waals surface area contributed by atoms with E-state index in [-0.39, 0.29) is 0 Å². The lowest BCUT2D eigenvalue weighted by Gasteiger charge is -2.32. The molecule has 0 spiro atoms. The van der Waals surface area contributed by atoms with E-state index < -0.39 is 11.6 Å². The quantitative estimate of drug-likeness (QED) is 0.780. The van der Waals surface area contributed by atoms with E-state index >= 15 is 0 Å². The van der Waals surface area contributed by atoms with Gasteiger partial charge < -0.3 is 4.90 Å². The van der Waals surface area contributed by atoms with Gasteiger partial charge >= 0.3 is 0 Å².